The van der Waals surface area contributed by atoms with Crippen LogP contribution >= 0.6 is 0 Å². The van der Waals surface area contributed by atoms with Crippen LogP contribution in [0.2, 0.25) is 0 Å². The van der Waals surface area contributed by atoms with E-state index in [1.165, 1.54) is 19.3 Å². The molecule has 0 aromatic heterocycles. The fourth-order valence-electron chi connectivity index (χ4n) is 3.52. The first-order valence-electron chi connectivity index (χ1n) is 7.55. The van der Waals surface area contributed by atoms with E-state index in [1.54, 1.807) is 0 Å². The van der Waals surface area contributed by atoms with Crippen molar-refractivity contribution in [2.75, 3.05) is 6.61 Å². The van der Waals surface area contributed by atoms with Gasteiger partial charge in [-0.05, 0) is 32.6 Å². The van der Waals surface area contributed by atoms with Crippen LogP contribution in [-0.2, 0) is 9.53 Å². The Morgan fingerprint density at radius 1 is 1.17 bits per heavy atom. The third-order valence-corrected chi connectivity index (χ3v) is 4.54. The predicted octanol–water partition coefficient (Wildman–Crippen LogP) is 2.70. The zero-order valence-corrected chi connectivity index (χ0v) is 11.4. The van der Waals surface area contributed by atoms with Gasteiger partial charge in [-0.15, -0.1) is 0 Å². The molecule has 0 amide bonds. The first kappa shape index (κ1) is 14.0. The van der Waals surface area contributed by atoms with Crippen LogP contribution in [0.5, 0.6) is 0 Å². The van der Waals surface area contributed by atoms with E-state index in [4.69, 9.17) is 4.74 Å². The Morgan fingerprint density at radius 2 is 1.89 bits per heavy atom. The number of hydrogen-bond acceptors (Lipinski definition) is 3. The number of rotatable bonds is 4. The van der Waals surface area contributed by atoms with Crippen molar-refractivity contribution in [3.05, 3.63) is 0 Å². The van der Waals surface area contributed by atoms with Crippen LogP contribution in [-0.4, -0.2) is 29.7 Å². The average molecular weight is 254 g/mol. The maximum atomic E-state index is 12.4. The molecule has 0 radical (unpaired) electrons. The van der Waals surface area contributed by atoms with Gasteiger partial charge in [0.15, 0.2) is 0 Å². The number of ketones is 1. The summed E-state index contributed by atoms with van der Waals surface area (Å²) >= 11 is 0. The lowest BCUT2D eigenvalue weighted by Crippen LogP contribution is -2.40. The van der Waals surface area contributed by atoms with Crippen molar-refractivity contribution in [2.45, 2.75) is 70.5 Å². The molecule has 1 N–H and O–H groups in total. The Morgan fingerprint density at radius 3 is 2.50 bits per heavy atom. The zero-order valence-electron chi connectivity index (χ0n) is 11.4. The molecule has 0 aromatic rings. The van der Waals surface area contributed by atoms with Crippen LogP contribution in [0.3, 0.4) is 0 Å². The van der Waals surface area contributed by atoms with Crippen molar-refractivity contribution in [1.29, 1.82) is 0 Å². The van der Waals surface area contributed by atoms with E-state index in [-0.39, 0.29) is 17.9 Å². The minimum atomic E-state index is -0.482. The highest BCUT2D eigenvalue weighted by atomic mass is 16.5. The van der Waals surface area contributed by atoms with Gasteiger partial charge in [-0.3, -0.25) is 4.79 Å². The summed E-state index contributed by atoms with van der Waals surface area (Å²) in [5.41, 5.74) is 0. The molecule has 0 bridgehead atoms. The predicted molar refractivity (Wildman–Crippen MR) is 70.3 cm³/mol. The summed E-state index contributed by atoms with van der Waals surface area (Å²) in [6.45, 7) is 2.67. The van der Waals surface area contributed by atoms with Gasteiger partial charge in [0, 0.05) is 24.9 Å². The Bertz CT molecular complexity index is 271. The molecule has 104 valence electrons. The molecule has 0 saturated heterocycles. The lowest BCUT2D eigenvalue weighted by Gasteiger charge is -2.34. The maximum absolute atomic E-state index is 12.4. The topological polar surface area (TPSA) is 46.5 Å². The van der Waals surface area contributed by atoms with Gasteiger partial charge in [0.25, 0.3) is 0 Å². The molecule has 2 fully saturated rings. The molecule has 0 aromatic carbocycles. The minimum Gasteiger partial charge on any atom is -0.392 e. The molecule has 3 unspecified atom stereocenters. The van der Waals surface area contributed by atoms with E-state index < -0.39 is 6.10 Å². The van der Waals surface area contributed by atoms with E-state index in [0.717, 1.165) is 25.7 Å². The van der Waals surface area contributed by atoms with E-state index in [9.17, 15) is 9.90 Å². The molecule has 18 heavy (non-hydrogen) atoms. The minimum absolute atomic E-state index is 0.121. The van der Waals surface area contributed by atoms with Crippen LogP contribution in [0, 0.1) is 11.8 Å². The van der Waals surface area contributed by atoms with Crippen molar-refractivity contribution < 1.29 is 14.6 Å². The molecule has 2 aliphatic rings. The SMILES string of the molecule is CCOC1CCC(C(=O)C2CCCCC2)C(O)C1. The van der Waals surface area contributed by atoms with Crippen molar-refractivity contribution >= 4 is 5.78 Å². The van der Waals surface area contributed by atoms with Crippen LogP contribution < -0.4 is 0 Å². The van der Waals surface area contributed by atoms with E-state index in [1.807, 2.05) is 6.92 Å². The van der Waals surface area contributed by atoms with Crippen LogP contribution in [0.15, 0.2) is 0 Å². The van der Waals surface area contributed by atoms with Gasteiger partial charge in [-0.2, -0.15) is 0 Å². The van der Waals surface area contributed by atoms with Gasteiger partial charge in [-0.1, -0.05) is 19.3 Å². The normalized spacial score (nSPS) is 34.4. The number of carbonyl (C=O) groups is 1. The summed E-state index contributed by atoms with van der Waals surface area (Å²) in [6, 6.07) is 0. The monoisotopic (exact) mass is 254 g/mol. The third kappa shape index (κ3) is 3.33. The first-order valence-corrected chi connectivity index (χ1v) is 7.55. The highest BCUT2D eigenvalue weighted by Gasteiger charge is 2.37. The molecule has 0 heterocycles. The number of hydrogen-bond donors (Lipinski definition) is 1. The smallest absolute Gasteiger partial charge is 0.141 e. The molecule has 0 spiro atoms. The Labute approximate surface area is 110 Å². The molecule has 2 aliphatic carbocycles. The van der Waals surface area contributed by atoms with E-state index >= 15 is 0 Å². The van der Waals surface area contributed by atoms with Gasteiger partial charge in [0.2, 0.25) is 0 Å². The molecular formula is C15H26O3. The second kappa shape index (κ2) is 6.67. The molecular weight excluding hydrogens is 228 g/mol. The number of aliphatic hydroxyl groups is 1. The number of carbonyl (C=O) groups excluding carboxylic acids is 1. The molecule has 2 saturated carbocycles. The second-order valence-corrected chi connectivity index (χ2v) is 5.80. The van der Waals surface area contributed by atoms with Crippen molar-refractivity contribution in [3.63, 3.8) is 0 Å². The van der Waals surface area contributed by atoms with Crippen LogP contribution in [0.4, 0.5) is 0 Å². The summed E-state index contributed by atoms with van der Waals surface area (Å²) in [5.74, 6) is 0.434. The summed E-state index contributed by atoms with van der Waals surface area (Å²) < 4.78 is 5.56. The molecule has 2 rings (SSSR count). The molecule has 3 atom stereocenters. The van der Waals surface area contributed by atoms with Gasteiger partial charge in [-0.25, -0.2) is 0 Å². The summed E-state index contributed by atoms with van der Waals surface area (Å²) in [5, 5.41) is 10.2. The Hall–Kier alpha value is -0.410. The fraction of sp³-hybridized carbons (Fsp3) is 0.933. The maximum Gasteiger partial charge on any atom is 0.141 e. The third-order valence-electron chi connectivity index (χ3n) is 4.54. The van der Waals surface area contributed by atoms with Crippen molar-refractivity contribution in [2.24, 2.45) is 11.8 Å². The van der Waals surface area contributed by atoms with Crippen molar-refractivity contribution in [3.8, 4) is 0 Å². The van der Waals surface area contributed by atoms with Gasteiger partial charge < -0.3 is 9.84 Å². The number of ether oxygens (including phenoxy) is 1. The standard InChI is InChI=1S/C15H26O3/c1-2-18-12-8-9-13(14(16)10-12)15(17)11-6-4-3-5-7-11/h11-14,16H,2-10H2,1H3. The lowest BCUT2D eigenvalue weighted by molar-refractivity contribution is -0.135. The largest absolute Gasteiger partial charge is 0.392 e. The summed E-state index contributed by atoms with van der Waals surface area (Å²) in [4.78, 5) is 12.4. The quantitative estimate of drug-likeness (QED) is 0.839. The van der Waals surface area contributed by atoms with Gasteiger partial charge in [0.1, 0.15) is 5.78 Å². The van der Waals surface area contributed by atoms with Crippen LogP contribution in [0.25, 0.3) is 0 Å². The van der Waals surface area contributed by atoms with Crippen molar-refractivity contribution in [1.82, 2.24) is 0 Å². The second-order valence-electron chi connectivity index (χ2n) is 5.80. The highest BCUT2D eigenvalue weighted by Crippen LogP contribution is 2.33. The van der Waals surface area contributed by atoms with Crippen LogP contribution in [0.1, 0.15) is 58.3 Å². The zero-order chi connectivity index (χ0) is 13.0. The fourth-order valence-corrected chi connectivity index (χ4v) is 3.52. The lowest BCUT2D eigenvalue weighted by atomic mass is 9.74. The van der Waals surface area contributed by atoms with Gasteiger partial charge in [0.05, 0.1) is 12.2 Å². The number of Topliss-reactive ketones (excluding diaryl/α,β-unsaturated/α-hetero) is 1. The summed E-state index contributed by atoms with van der Waals surface area (Å²) in [7, 11) is 0. The highest BCUT2D eigenvalue weighted by molar-refractivity contribution is 5.84. The van der Waals surface area contributed by atoms with E-state index in [0.29, 0.717) is 18.8 Å². The van der Waals surface area contributed by atoms with Gasteiger partial charge >= 0.3 is 0 Å². The Kier molecular flexibility index (Phi) is 5.19. The summed E-state index contributed by atoms with van der Waals surface area (Å²) in [6.07, 6.45) is 7.75. The average Bonchev–Trinajstić information content (AvgIpc) is 2.40. The van der Waals surface area contributed by atoms with E-state index in [2.05, 4.69) is 0 Å². The molecule has 3 nitrogen and oxygen atoms in total. The Balaban J connectivity index is 1.87. The first-order chi connectivity index (χ1) is 8.72. The number of aliphatic hydroxyl groups excluding tert-OH is 1. The molecule has 0 aliphatic heterocycles. The molecule has 3 heteroatoms.